The van der Waals surface area contributed by atoms with Gasteiger partial charge in [0, 0.05) is 42.3 Å². The zero-order valence-electron chi connectivity index (χ0n) is 14.6. The van der Waals surface area contributed by atoms with Crippen molar-refractivity contribution in [3.63, 3.8) is 0 Å². The first-order chi connectivity index (χ1) is 12.7. The van der Waals surface area contributed by atoms with Crippen molar-refractivity contribution in [1.82, 2.24) is 25.2 Å². The molecule has 2 amide bonds. The van der Waals surface area contributed by atoms with Gasteiger partial charge in [-0.05, 0) is 30.7 Å². The lowest BCUT2D eigenvalue weighted by Gasteiger charge is -2.08. The van der Waals surface area contributed by atoms with Crippen LogP contribution >= 0.6 is 11.8 Å². The average Bonchev–Trinajstić information content (AvgIpc) is 3.20. The third-order valence-electron chi connectivity index (χ3n) is 3.71. The highest BCUT2D eigenvalue weighted by atomic mass is 32.2. The monoisotopic (exact) mass is 367 g/mol. The van der Waals surface area contributed by atoms with Gasteiger partial charge < -0.3 is 10.6 Å². The van der Waals surface area contributed by atoms with E-state index < -0.39 is 0 Å². The van der Waals surface area contributed by atoms with Gasteiger partial charge in [-0.15, -0.1) is 11.8 Å². The molecule has 0 spiro atoms. The summed E-state index contributed by atoms with van der Waals surface area (Å²) in [5, 5.41) is 5.71. The van der Waals surface area contributed by atoms with Crippen LogP contribution in [0.4, 0.5) is 4.79 Å². The molecule has 3 aromatic rings. The van der Waals surface area contributed by atoms with Crippen LogP contribution in [0.3, 0.4) is 0 Å². The van der Waals surface area contributed by atoms with Crippen molar-refractivity contribution in [3.8, 4) is 5.82 Å². The molecular weight excluding hydrogens is 346 g/mol. The first-order valence-corrected chi connectivity index (χ1v) is 9.34. The largest absolute Gasteiger partial charge is 0.337 e. The van der Waals surface area contributed by atoms with Crippen LogP contribution in [0.1, 0.15) is 11.1 Å². The number of urea groups is 1. The Morgan fingerprint density at radius 2 is 2.00 bits per heavy atom. The van der Waals surface area contributed by atoms with Crippen molar-refractivity contribution in [1.29, 1.82) is 0 Å². The van der Waals surface area contributed by atoms with E-state index in [9.17, 15) is 4.79 Å². The highest BCUT2D eigenvalue weighted by molar-refractivity contribution is 7.99. The van der Waals surface area contributed by atoms with E-state index in [0.717, 1.165) is 17.1 Å². The number of hydrogen-bond acceptors (Lipinski definition) is 4. The Bertz CT molecular complexity index is 816. The van der Waals surface area contributed by atoms with Gasteiger partial charge in [0.2, 0.25) is 0 Å². The number of hydrogen-bond donors (Lipinski definition) is 2. The SMILES string of the molecule is Cc1ccc(SCCNC(=O)NCc2ccc(-n3ccnc3)nc2)cc1. The molecule has 0 aliphatic rings. The fourth-order valence-corrected chi connectivity index (χ4v) is 3.05. The van der Waals surface area contributed by atoms with E-state index in [1.807, 2.05) is 22.9 Å². The molecule has 134 valence electrons. The minimum absolute atomic E-state index is 0.173. The van der Waals surface area contributed by atoms with Crippen LogP contribution in [0.15, 0.2) is 66.2 Å². The lowest BCUT2D eigenvalue weighted by molar-refractivity contribution is 0.241. The number of amides is 2. The number of nitrogens with zero attached hydrogens (tertiary/aromatic N) is 3. The van der Waals surface area contributed by atoms with Gasteiger partial charge in [-0.3, -0.25) is 4.57 Å². The van der Waals surface area contributed by atoms with Gasteiger partial charge in [0.05, 0.1) is 0 Å². The molecule has 2 heterocycles. The minimum Gasteiger partial charge on any atom is -0.337 e. The van der Waals surface area contributed by atoms with Gasteiger partial charge in [0.25, 0.3) is 0 Å². The second kappa shape index (κ2) is 9.05. The molecule has 0 atom stereocenters. The summed E-state index contributed by atoms with van der Waals surface area (Å²) < 4.78 is 1.83. The maximum Gasteiger partial charge on any atom is 0.315 e. The molecule has 0 unspecified atom stereocenters. The molecule has 0 bridgehead atoms. The first kappa shape index (κ1) is 18.0. The summed E-state index contributed by atoms with van der Waals surface area (Å²) in [7, 11) is 0. The maximum atomic E-state index is 11.9. The van der Waals surface area contributed by atoms with Crippen LogP contribution < -0.4 is 10.6 Å². The van der Waals surface area contributed by atoms with E-state index in [4.69, 9.17) is 0 Å². The van der Waals surface area contributed by atoms with Crippen molar-refractivity contribution in [2.75, 3.05) is 12.3 Å². The summed E-state index contributed by atoms with van der Waals surface area (Å²) in [6.07, 6.45) is 6.99. The zero-order chi connectivity index (χ0) is 18.2. The Hall–Kier alpha value is -2.80. The summed E-state index contributed by atoms with van der Waals surface area (Å²) in [5.41, 5.74) is 2.19. The molecule has 0 saturated heterocycles. The lowest BCUT2D eigenvalue weighted by atomic mass is 10.2. The fourth-order valence-electron chi connectivity index (χ4n) is 2.28. The molecular formula is C19H21N5OS. The average molecular weight is 367 g/mol. The van der Waals surface area contributed by atoms with Gasteiger partial charge in [-0.1, -0.05) is 23.8 Å². The van der Waals surface area contributed by atoms with Crippen LogP contribution in [-0.2, 0) is 6.54 Å². The van der Waals surface area contributed by atoms with Crippen LogP contribution in [0, 0.1) is 6.92 Å². The van der Waals surface area contributed by atoms with E-state index in [1.165, 1.54) is 10.5 Å². The third-order valence-corrected chi connectivity index (χ3v) is 4.72. The van der Waals surface area contributed by atoms with Gasteiger partial charge in [0.15, 0.2) is 0 Å². The molecule has 0 aliphatic carbocycles. The van der Waals surface area contributed by atoms with Crippen molar-refractivity contribution in [2.24, 2.45) is 0 Å². The Balaban J connectivity index is 1.35. The molecule has 2 aromatic heterocycles. The van der Waals surface area contributed by atoms with Crippen molar-refractivity contribution < 1.29 is 4.79 Å². The first-order valence-electron chi connectivity index (χ1n) is 8.35. The summed E-state index contributed by atoms with van der Waals surface area (Å²) in [6.45, 7) is 3.12. The van der Waals surface area contributed by atoms with Gasteiger partial charge >= 0.3 is 6.03 Å². The number of nitrogens with one attached hydrogen (secondary N) is 2. The highest BCUT2D eigenvalue weighted by Gasteiger charge is 2.02. The molecule has 26 heavy (non-hydrogen) atoms. The molecule has 0 radical (unpaired) electrons. The predicted octanol–water partition coefficient (Wildman–Crippen LogP) is 3.17. The van der Waals surface area contributed by atoms with E-state index in [0.29, 0.717) is 13.1 Å². The molecule has 3 rings (SSSR count). The molecule has 1 aromatic carbocycles. The van der Waals surface area contributed by atoms with E-state index in [-0.39, 0.29) is 6.03 Å². The van der Waals surface area contributed by atoms with Crippen molar-refractivity contribution in [2.45, 2.75) is 18.4 Å². The number of aryl methyl sites for hydroxylation is 1. The van der Waals surface area contributed by atoms with Crippen molar-refractivity contribution >= 4 is 17.8 Å². The Morgan fingerprint density at radius 1 is 1.15 bits per heavy atom. The van der Waals surface area contributed by atoms with E-state index in [2.05, 4.69) is 51.8 Å². The number of benzene rings is 1. The van der Waals surface area contributed by atoms with Gasteiger partial charge in [-0.25, -0.2) is 14.8 Å². The quantitative estimate of drug-likeness (QED) is 0.497. The summed E-state index contributed by atoms with van der Waals surface area (Å²) in [6, 6.07) is 12.0. The standard InChI is InChI=1S/C19H21N5OS/c1-15-2-5-17(6-3-15)26-11-9-21-19(25)23-13-16-4-7-18(22-12-16)24-10-8-20-14-24/h2-8,10,12,14H,9,11,13H2,1H3,(H2,21,23,25). The third kappa shape index (κ3) is 5.35. The normalized spacial score (nSPS) is 10.5. The molecule has 7 heteroatoms. The predicted molar refractivity (Wildman–Crippen MR) is 104 cm³/mol. The number of imidazole rings is 1. The number of aromatic nitrogens is 3. The second-order valence-electron chi connectivity index (χ2n) is 5.77. The summed E-state index contributed by atoms with van der Waals surface area (Å²) in [4.78, 5) is 21.4. The number of pyridine rings is 1. The van der Waals surface area contributed by atoms with Crippen molar-refractivity contribution in [3.05, 3.63) is 72.4 Å². The Labute approximate surface area is 157 Å². The number of carbonyl (C=O) groups is 1. The van der Waals surface area contributed by atoms with E-state index >= 15 is 0 Å². The molecule has 0 saturated carbocycles. The minimum atomic E-state index is -0.173. The van der Waals surface area contributed by atoms with Crippen LogP contribution in [-0.4, -0.2) is 32.9 Å². The van der Waals surface area contributed by atoms with Gasteiger partial charge in [0.1, 0.15) is 12.1 Å². The number of carbonyl (C=O) groups excluding carboxylic acids is 1. The number of thioether (sulfide) groups is 1. The lowest BCUT2D eigenvalue weighted by Crippen LogP contribution is -2.36. The summed E-state index contributed by atoms with van der Waals surface area (Å²) in [5.74, 6) is 1.63. The maximum absolute atomic E-state index is 11.9. The Kier molecular flexibility index (Phi) is 6.27. The zero-order valence-corrected chi connectivity index (χ0v) is 15.4. The second-order valence-corrected chi connectivity index (χ2v) is 6.93. The van der Waals surface area contributed by atoms with Crippen LogP contribution in [0.5, 0.6) is 0 Å². The fraction of sp³-hybridized carbons (Fsp3) is 0.211. The molecule has 2 N–H and O–H groups in total. The van der Waals surface area contributed by atoms with Crippen LogP contribution in [0.2, 0.25) is 0 Å². The highest BCUT2D eigenvalue weighted by Crippen LogP contribution is 2.17. The molecule has 6 nitrogen and oxygen atoms in total. The van der Waals surface area contributed by atoms with Gasteiger partial charge in [-0.2, -0.15) is 0 Å². The molecule has 0 aliphatic heterocycles. The number of rotatable bonds is 7. The summed E-state index contributed by atoms with van der Waals surface area (Å²) >= 11 is 1.73. The topological polar surface area (TPSA) is 71.8 Å². The van der Waals surface area contributed by atoms with E-state index in [1.54, 1.807) is 30.5 Å². The Morgan fingerprint density at radius 3 is 2.69 bits per heavy atom. The van der Waals surface area contributed by atoms with Crippen LogP contribution in [0.25, 0.3) is 5.82 Å². The smallest absolute Gasteiger partial charge is 0.315 e. The molecule has 0 fully saturated rings.